The summed E-state index contributed by atoms with van der Waals surface area (Å²) in [5.41, 5.74) is 2.94. The van der Waals surface area contributed by atoms with E-state index < -0.39 is 0 Å². The zero-order valence-corrected chi connectivity index (χ0v) is 20.0. The Kier molecular flexibility index (Phi) is 7.92. The molecule has 0 atom stereocenters. The average Bonchev–Trinajstić information content (AvgIpc) is 3.31. The molecule has 2 amide bonds. The van der Waals surface area contributed by atoms with Gasteiger partial charge < -0.3 is 9.64 Å². The molecule has 3 aromatic carbocycles. The van der Waals surface area contributed by atoms with Gasteiger partial charge in [-0.25, -0.2) is 4.98 Å². The molecule has 0 unspecified atom stereocenters. The van der Waals surface area contributed by atoms with E-state index >= 15 is 0 Å². The van der Waals surface area contributed by atoms with Crippen molar-refractivity contribution in [3.8, 4) is 16.9 Å². The van der Waals surface area contributed by atoms with Gasteiger partial charge in [-0.1, -0.05) is 60.1 Å². The number of imidazole rings is 1. The smallest absolute Gasteiger partial charge is 0.254 e. The second kappa shape index (κ2) is 11.5. The monoisotopic (exact) mass is 488 g/mol. The number of benzene rings is 3. The molecule has 0 radical (unpaired) electrons. The average molecular weight is 489 g/mol. The molecule has 1 heterocycles. The number of rotatable bonds is 9. The molecular formula is C27H25ClN4O3. The second-order valence-electron chi connectivity index (χ2n) is 7.80. The van der Waals surface area contributed by atoms with E-state index in [1.54, 1.807) is 31.4 Å². The third-order valence-electron chi connectivity index (χ3n) is 5.34. The highest BCUT2D eigenvalue weighted by Gasteiger charge is 2.21. The van der Waals surface area contributed by atoms with Gasteiger partial charge in [-0.15, -0.1) is 0 Å². The van der Waals surface area contributed by atoms with Crippen LogP contribution in [-0.4, -0.2) is 53.1 Å². The highest BCUT2D eigenvalue weighted by Crippen LogP contribution is 2.24. The van der Waals surface area contributed by atoms with Crippen LogP contribution in [0.15, 0.2) is 91.1 Å². The first kappa shape index (κ1) is 24.2. The Morgan fingerprint density at radius 1 is 0.971 bits per heavy atom. The molecule has 0 aliphatic carbocycles. The number of hydrogen-bond donors (Lipinski definition) is 1. The Bertz CT molecular complexity index is 1280. The van der Waals surface area contributed by atoms with Crippen molar-refractivity contribution in [3.05, 3.63) is 102 Å². The molecule has 0 fully saturated rings. The molecule has 0 bridgehead atoms. The van der Waals surface area contributed by atoms with Crippen LogP contribution in [0.3, 0.4) is 0 Å². The predicted octanol–water partition coefficient (Wildman–Crippen LogP) is 4.92. The summed E-state index contributed by atoms with van der Waals surface area (Å²) >= 11 is 5.95. The standard InChI is InChI=1S/C27H25ClN4O3/c1-35-17-16-31(26(34)21-12-14-22(28)15-13-21)19-25(33)30-27-29-24(20-8-4-2-5-9-20)18-32(27)23-10-6-3-7-11-23/h2-15,18H,16-17,19H2,1H3,(H,29,30,33). The summed E-state index contributed by atoms with van der Waals surface area (Å²) in [5.74, 6) is -0.290. The molecule has 0 saturated carbocycles. The molecule has 4 aromatic rings. The van der Waals surface area contributed by atoms with Crippen LogP contribution in [0.25, 0.3) is 16.9 Å². The van der Waals surface area contributed by atoms with Crippen LogP contribution >= 0.6 is 11.6 Å². The zero-order chi connectivity index (χ0) is 24.6. The zero-order valence-electron chi connectivity index (χ0n) is 19.2. The molecule has 35 heavy (non-hydrogen) atoms. The Morgan fingerprint density at radius 2 is 1.63 bits per heavy atom. The summed E-state index contributed by atoms with van der Waals surface area (Å²) in [6.45, 7) is 0.393. The summed E-state index contributed by atoms with van der Waals surface area (Å²) in [5, 5.41) is 3.41. The van der Waals surface area contributed by atoms with Gasteiger partial charge in [0.25, 0.3) is 5.91 Å². The highest BCUT2D eigenvalue weighted by atomic mass is 35.5. The van der Waals surface area contributed by atoms with E-state index in [0.717, 1.165) is 16.9 Å². The van der Waals surface area contributed by atoms with Gasteiger partial charge >= 0.3 is 0 Å². The van der Waals surface area contributed by atoms with Crippen LogP contribution in [0.2, 0.25) is 5.02 Å². The maximum atomic E-state index is 13.1. The quantitative estimate of drug-likeness (QED) is 0.363. The van der Waals surface area contributed by atoms with Crippen molar-refractivity contribution >= 4 is 29.4 Å². The molecule has 7 nitrogen and oxygen atoms in total. The summed E-state index contributed by atoms with van der Waals surface area (Å²) in [7, 11) is 1.55. The number of anilines is 1. The molecule has 0 saturated heterocycles. The first-order valence-electron chi connectivity index (χ1n) is 11.1. The number of carbonyl (C=O) groups is 2. The summed E-state index contributed by atoms with van der Waals surface area (Å²) in [4.78, 5) is 32.2. The van der Waals surface area contributed by atoms with E-state index in [9.17, 15) is 9.59 Å². The Hall–Kier alpha value is -3.94. The van der Waals surface area contributed by atoms with Crippen LogP contribution in [0, 0.1) is 0 Å². The highest BCUT2D eigenvalue weighted by molar-refractivity contribution is 6.30. The van der Waals surface area contributed by atoms with Gasteiger partial charge in [0.1, 0.15) is 6.54 Å². The van der Waals surface area contributed by atoms with E-state index in [4.69, 9.17) is 16.3 Å². The molecule has 1 aromatic heterocycles. The number of amides is 2. The molecule has 0 aliphatic rings. The third-order valence-corrected chi connectivity index (χ3v) is 5.59. The van der Waals surface area contributed by atoms with Crippen molar-refractivity contribution < 1.29 is 14.3 Å². The maximum absolute atomic E-state index is 13.1. The van der Waals surface area contributed by atoms with Crippen molar-refractivity contribution in [3.63, 3.8) is 0 Å². The van der Waals surface area contributed by atoms with Crippen molar-refractivity contribution in [2.45, 2.75) is 0 Å². The first-order valence-corrected chi connectivity index (χ1v) is 11.5. The number of aromatic nitrogens is 2. The van der Waals surface area contributed by atoms with E-state index in [0.29, 0.717) is 23.1 Å². The van der Waals surface area contributed by atoms with E-state index in [1.807, 2.05) is 71.4 Å². The van der Waals surface area contributed by atoms with Gasteiger partial charge in [0.05, 0.1) is 12.3 Å². The fourth-order valence-corrected chi connectivity index (χ4v) is 3.69. The molecule has 8 heteroatoms. The summed E-state index contributed by atoms with van der Waals surface area (Å²) in [6, 6.07) is 25.9. The van der Waals surface area contributed by atoms with Gasteiger partial charge in [0.15, 0.2) is 0 Å². The molecule has 0 spiro atoms. The van der Waals surface area contributed by atoms with Crippen LogP contribution in [0.4, 0.5) is 5.95 Å². The Balaban J connectivity index is 1.58. The fraction of sp³-hybridized carbons (Fsp3) is 0.148. The van der Waals surface area contributed by atoms with Crippen LogP contribution in [0.5, 0.6) is 0 Å². The molecule has 1 N–H and O–H groups in total. The third kappa shape index (κ3) is 6.15. The number of nitrogens with zero attached hydrogens (tertiary/aromatic N) is 3. The minimum absolute atomic E-state index is 0.160. The molecular weight excluding hydrogens is 464 g/mol. The largest absolute Gasteiger partial charge is 0.383 e. The number of halogens is 1. The van der Waals surface area contributed by atoms with Gasteiger partial charge in [-0.05, 0) is 36.4 Å². The van der Waals surface area contributed by atoms with Crippen LogP contribution < -0.4 is 5.32 Å². The molecule has 4 rings (SSSR count). The number of nitrogens with one attached hydrogen (secondary N) is 1. The SMILES string of the molecule is COCCN(CC(=O)Nc1nc(-c2ccccc2)cn1-c1ccccc1)C(=O)c1ccc(Cl)cc1. The lowest BCUT2D eigenvalue weighted by Crippen LogP contribution is -2.40. The number of ether oxygens (including phenoxy) is 1. The second-order valence-corrected chi connectivity index (χ2v) is 8.23. The van der Waals surface area contributed by atoms with Crippen molar-refractivity contribution in [1.82, 2.24) is 14.5 Å². The number of methoxy groups -OCH3 is 1. The molecule has 178 valence electrons. The number of para-hydroxylation sites is 1. The van der Waals surface area contributed by atoms with Gasteiger partial charge in [0.2, 0.25) is 11.9 Å². The summed E-state index contributed by atoms with van der Waals surface area (Å²) < 4.78 is 6.96. The number of hydrogen-bond acceptors (Lipinski definition) is 4. The van der Waals surface area contributed by atoms with Gasteiger partial charge in [0, 0.05) is 41.7 Å². The fourth-order valence-electron chi connectivity index (χ4n) is 3.57. The Morgan fingerprint density at radius 3 is 2.29 bits per heavy atom. The molecule has 0 aliphatic heterocycles. The predicted molar refractivity (Wildman–Crippen MR) is 137 cm³/mol. The normalized spacial score (nSPS) is 10.7. The lowest BCUT2D eigenvalue weighted by Gasteiger charge is -2.22. The summed E-state index contributed by atoms with van der Waals surface area (Å²) in [6.07, 6.45) is 1.88. The van der Waals surface area contributed by atoms with Crippen molar-refractivity contribution in [1.29, 1.82) is 0 Å². The number of carbonyl (C=O) groups excluding carboxylic acids is 2. The Labute approximate surface area is 208 Å². The minimum Gasteiger partial charge on any atom is -0.383 e. The van der Waals surface area contributed by atoms with Crippen molar-refractivity contribution in [2.24, 2.45) is 0 Å². The van der Waals surface area contributed by atoms with Crippen LogP contribution in [0.1, 0.15) is 10.4 Å². The maximum Gasteiger partial charge on any atom is 0.254 e. The van der Waals surface area contributed by atoms with E-state index in [1.165, 1.54) is 4.90 Å². The lowest BCUT2D eigenvalue weighted by atomic mass is 10.2. The van der Waals surface area contributed by atoms with E-state index in [2.05, 4.69) is 10.3 Å². The van der Waals surface area contributed by atoms with Crippen LogP contribution in [-0.2, 0) is 9.53 Å². The topological polar surface area (TPSA) is 76.5 Å². The first-order chi connectivity index (χ1) is 17.0. The van der Waals surface area contributed by atoms with Gasteiger partial charge in [-0.2, -0.15) is 0 Å². The van der Waals surface area contributed by atoms with Gasteiger partial charge in [-0.3, -0.25) is 19.5 Å². The van der Waals surface area contributed by atoms with Crippen molar-refractivity contribution in [2.75, 3.05) is 32.1 Å². The lowest BCUT2D eigenvalue weighted by molar-refractivity contribution is -0.117. The minimum atomic E-state index is -0.370. The van der Waals surface area contributed by atoms with E-state index in [-0.39, 0.29) is 24.9 Å².